The summed E-state index contributed by atoms with van der Waals surface area (Å²) in [5, 5.41) is 3.05. The summed E-state index contributed by atoms with van der Waals surface area (Å²) >= 11 is 0. The van der Waals surface area contributed by atoms with Gasteiger partial charge in [0.2, 0.25) is 5.91 Å². The van der Waals surface area contributed by atoms with Crippen LogP contribution in [0.25, 0.3) is 0 Å². The molecule has 228 valence electrons. The Morgan fingerprint density at radius 2 is 2.00 bits per heavy atom. The number of nitrogens with zero attached hydrogens (tertiary/aromatic N) is 3. The summed E-state index contributed by atoms with van der Waals surface area (Å²) in [6.45, 7) is 7.21. The van der Waals surface area contributed by atoms with Crippen molar-refractivity contribution >= 4 is 17.7 Å². The van der Waals surface area contributed by atoms with Crippen molar-refractivity contribution in [3.05, 3.63) is 71.4 Å². The molecule has 2 aliphatic rings. The van der Waals surface area contributed by atoms with Gasteiger partial charge in [-0.1, -0.05) is 32.9 Å². The van der Waals surface area contributed by atoms with Crippen LogP contribution in [0.15, 0.2) is 53.3 Å². The zero-order chi connectivity index (χ0) is 30.5. The van der Waals surface area contributed by atoms with Crippen LogP contribution in [0.4, 0.5) is 0 Å². The van der Waals surface area contributed by atoms with Gasteiger partial charge in [-0.15, -0.1) is 0 Å². The molecule has 4 bridgehead atoms. The Hall–Kier alpha value is -4.38. The van der Waals surface area contributed by atoms with E-state index in [4.69, 9.17) is 18.6 Å². The van der Waals surface area contributed by atoms with Crippen molar-refractivity contribution in [2.75, 3.05) is 33.3 Å². The van der Waals surface area contributed by atoms with Crippen LogP contribution in [0, 0.1) is 5.92 Å². The second-order valence-electron chi connectivity index (χ2n) is 11.3. The summed E-state index contributed by atoms with van der Waals surface area (Å²) in [5.74, 6) is 1.45. The molecule has 1 N–H and O–H groups in total. The van der Waals surface area contributed by atoms with Gasteiger partial charge < -0.3 is 33.7 Å². The zero-order valence-electron chi connectivity index (χ0n) is 25.0. The van der Waals surface area contributed by atoms with E-state index in [1.807, 2.05) is 45.0 Å². The standard InChI is InChI=1S/C32H38N4O7/c1-5-27-30(33-19-42-27)32(39)36-10-9-26-28(15-36)41-18-21-7-6-8-23(11-21)43-25-13-22(12-24(14-25)40-17-20(2)3)31(38)35(4)16-29(37)34-26/h6-8,11-14,19-20,26,28H,5,9-10,15-18H2,1-4H3,(H,34,37)/t26-,28-/m0/s1. The maximum atomic E-state index is 13.4. The van der Waals surface area contributed by atoms with E-state index < -0.39 is 6.10 Å². The third-order valence-electron chi connectivity index (χ3n) is 7.39. The highest BCUT2D eigenvalue weighted by Crippen LogP contribution is 2.30. The van der Waals surface area contributed by atoms with Crippen molar-refractivity contribution in [1.29, 1.82) is 0 Å². The average molecular weight is 591 g/mol. The van der Waals surface area contributed by atoms with E-state index in [0.717, 1.165) is 5.56 Å². The Morgan fingerprint density at radius 3 is 2.79 bits per heavy atom. The van der Waals surface area contributed by atoms with Gasteiger partial charge in [-0.2, -0.15) is 0 Å². The molecule has 11 nitrogen and oxygen atoms in total. The number of likely N-dealkylation sites (N-methyl/N-ethyl adjacent to an activating group) is 1. The van der Waals surface area contributed by atoms with Crippen LogP contribution < -0.4 is 14.8 Å². The maximum Gasteiger partial charge on any atom is 0.276 e. The molecule has 0 saturated carbocycles. The molecular formula is C32H38N4O7. The molecule has 0 aliphatic carbocycles. The van der Waals surface area contributed by atoms with Gasteiger partial charge in [0.15, 0.2) is 12.1 Å². The van der Waals surface area contributed by atoms with E-state index >= 15 is 0 Å². The first-order valence-corrected chi connectivity index (χ1v) is 14.6. The number of piperidine rings is 1. The van der Waals surface area contributed by atoms with Crippen LogP contribution in [0.3, 0.4) is 0 Å². The van der Waals surface area contributed by atoms with Gasteiger partial charge in [0.05, 0.1) is 31.9 Å². The lowest BCUT2D eigenvalue weighted by molar-refractivity contribution is -0.124. The molecule has 0 spiro atoms. The third-order valence-corrected chi connectivity index (χ3v) is 7.39. The lowest BCUT2D eigenvalue weighted by atomic mass is 10.0. The van der Waals surface area contributed by atoms with Crippen molar-refractivity contribution in [2.24, 2.45) is 5.92 Å². The maximum absolute atomic E-state index is 13.4. The molecule has 1 aromatic heterocycles. The summed E-state index contributed by atoms with van der Waals surface area (Å²) in [6, 6.07) is 12.2. The molecule has 2 atom stereocenters. The van der Waals surface area contributed by atoms with Crippen molar-refractivity contribution in [3.63, 3.8) is 0 Å². The van der Waals surface area contributed by atoms with Crippen LogP contribution in [-0.4, -0.2) is 77.9 Å². The Labute approximate surface area is 251 Å². The van der Waals surface area contributed by atoms with Gasteiger partial charge >= 0.3 is 0 Å². The molecule has 5 rings (SSSR count). The van der Waals surface area contributed by atoms with Gasteiger partial charge in [-0.3, -0.25) is 14.4 Å². The van der Waals surface area contributed by atoms with E-state index in [1.165, 1.54) is 11.3 Å². The fourth-order valence-electron chi connectivity index (χ4n) is 5.18. The number of hydrogen-bond acceptors (Lipinski definition) is 8. The number of ether oxygens (including phenoxy) is 3. The number of carbonyl (C=O) groups is 3. The van der Waals surface area contributed by atoms with Crippen LogP contribution >= 0.6 is 0 Å². The van der Waals surface area contributed by atoms with Crippen molar-refractivity contribution < 1.29 is 33.0 Å². The highest BCUT2D eigenvalue weighted by atomic mass is 16.5. The number of amides is 3. The van der Waals surface area contributed by atoms with Crippen LogP contribution in [0.1, 0.15) is 59.4 Å². The first-order chi connectivity index (χ1) is 20.7. The summed E-state index contributed by atoms with van der Waals surface area (Å²) in [5.41, 5.74) is 1.50. The van der Waals surface area contributed by atoms with E-state index in [-0.39, 0.29) is 43.5 Å². The second-order valence-corrected chi connectivity index (χ2v) is 11.3. The molecule has 11 heteroatoms. The average Bonchev–Trinajstić information content (AvgIpc) is 3.47. The number of likely N-dealkylation sites (tertiary alicyclic amines) is 1. The van der Waals surface area contributed by atoms with E-state index in [0.29, 0.717) is 66.2 Å². The lowest BCUT2D eigenvalue weighted by Gasteiger charge is -2.38. The van der Waals surface area contributed by atoms with E-state index in [9.17, 15) is 14.4 Å². The summed E-state index contributed by atoms with van der Waals surface area (Å²) in [6.07, 6.45) is 1.81. The molecule has 0 radical (unpaired) electrons. The Balaban J connectivity index is 1.42. The number of rotatable bonds is 5. The number of benzene rings is 2. The monoisotopic (exact) mass is 590 g/mol. The summed E-state index contributed by atoms with van der Waals surface area (Å²) in [7, 11) is 1.58. The minimum absolute atomic E-state index is 0.157. The molecular weight excluding hydrogens is 552 g/mol. The van der Waals surface area contributed by atoms with Gasteiger partial charge in [-0.25, -0.2) is 4.98 Å². The van der Waals surface area contributed by atoms with Gasteiger partial charge in [-0.05, 0) is 42.2 Å². The quantitative estimate of drug-likeness (QED) is 0.472. The van der Waals surface area contributed by atoms with Crippen molar-refractivity contribution in [3.8, 4) is 17.2 Å². The summed E-state index contributed by atoms with van der Waals surface area (Å²) < 4.78 is 23.8. The predicted molar refractivity (Wildman–Crippen MR) is 157 cm³/mol. The molecule has 1 saturated heterocycles. The van der Waals surface area contributed by atoms with Crippen LogP contribution in [-0.2, 0) is 22.6 Å². The Morgan fingerprint density at radius 1 is 1.16 bits per heavy atom. The molecule has 1 fully saturated rings. The zero-order valence-corrected chi connectivity index (χ0v) is 25.0. The molecule has 3 aromatic rings. The molecule has 3 amide bonds. The van der Waals surface area contributed by atoms with Gasteiger partial charge in [0, 0.05) is 38.2 Å². The molecule has 3 heterocycles. The largest absolute Gasteiger partial charge is 0.493 e. The normalized spacial score (nSPS) is 19.5. The SMILES string of the molecule is CCc1ocnc1C(=O)N1CC[C@@H]2NC(=O)CN(C)C(=O)c3cc(OCC(C)C)cc(c3)Oc3cccc(c3)CO[C@H]2C1. The smallest absolute Gasteiger partial charge is 0.276 e. The fourth-order valence-corrected chi connectivity index (χ4v) is 5.18. The Bertz CT molecular complexity index is 1470. The molecule has 2 aliphatic heterocycles. The molecule has 2 aromatic carbocycles. The van der Waals surface area contributed by atoms with Gasteiger partial charge in [0.1, 0.15) is 23.0 Å². The lowest BCUT2D eigenvalue weighted by Crippen LogP contribution is -2.57. The minimum Gasteiger partial charge on any atom is -0.493 e. The Kier molecular flexibility index (Phi) is 9.30. The second kappa shape index (κ2) is 13.3. The van der Waals surface area contributed by atoms with E-state index in [2.05, 4.69) is 10.3 Å². The number of nitrogens with one attached hydrogen (secondary N) is 1. The number of aryl methyl sites for hydroxylation is 1. The summed E-state index contributed by atoms with van der Waals surface area (Å²) in [4.78, 5) is 47.1. The van der Waals surface area contributed by atoms with Crippen LogP contribution in [0.2, 0.25) is 0 Å². The van der Waals surface area contributed by atoms with E-state index in [1.54, 1.807) is 30.1 Å². The predicted octanol–water partition coefficient (Wildman–Crippen LogP) is 4.07. The van der Waals surface area contributed by atoms with Crippen LogP contribution in [0.5, 0.6) is 17.2 Å². The number of hydrogen-bond donors (Lipinski definition) is 1. The molecule has 43 heavy (non-hydrogen) atoms. The molecule has 0 unspecified atom stereocenters. The topological polar surface area (TPSA) is 123 Å². The first kappa shape index (κ1) is 30.1. The first-order valence-electron chi connectivity index (χ1n) is 14.6. The van der Waals surface area contributed by atoms with Crippen molar-refractivity contribution in [2.45, 2.75) is 52.4 Å². The van der Waals surface area contributed by atoms with Crippen molar-refractivity contribution in [1.82, 2.24) is 20.1 Å². The number of carbonyl (C=O) groups excluding carboxylic acids is 3. The number of aromatic nitrogens is 1. The minimum atomic E-state index is -0.495. The third kappa shape index (κ3) is 7.34. The number of fused-ring (bicyclic) bond motifs is 5. The fraction of sp³-hybridized carbons (Fsp3) is 0.438. The number of oxazole rings is 1. The highest BCUT2D eigenvalue weighted by molar-refractivity contribution is 5.97. The van der Waals surface area contributed by atoms with Gasteiger partial charge in [0.25, 0.3) is 11.8 Å². The highest BCUT2D eigenvalue weighted by Gasteiger charge is 2.35.